The maximum Gasteiger partial charge on any atom is 0.193 e. The smallest absolute Gasteiger partial charge is 0.193 e. The van der Waals surface area contributed by atoms with Crippen LogP contribution in [0.1, 0.15) is 44.4 Å². The molecule has 0 spiro atoms. The summed E-state index contributed by atoms with van der Waals surface area (Å²) in [6, 6.07) is 10.8. The lowest BCUT2D eigenvalue weighted by molar-refractivity contribution is 0.0645. The summed E-state index contributed by atoms with van der Waals surface area (Å²) in [7, 11) is 1.86. The highest BCUT2D eigenvalue weighted by Crippen LogP contribution is 2.27. The molecule has 0 radical (unpaired) electrons. The molecule has 1 aromatic heterocycles. The zero-order valence-corrected chi connectivity index (χ0v) is 20.0. The van der Waals surface area contributed by atoms with E-state index in [-0.39, 0.29) is 30.1 Å². The Morgan fingerprint density at radius 3 is 2.83 bits per heavy atom. The van der Waals surface area contributed by atoms with Gasteiger partial charge < -0.3 is 19.5 Å². The summed E-state index contributed by atoms with van der Waals surface area (Å²) >= 11 is 0. The molecule has 2 heterocycles. The Bertz CT molecular complexity index is 722. The molecule has 1 saturated heterocycles. The highest BCUT2D eigenvalue weighted by atomic mass is 127. The van der Waals surface area contributed by atoms with E-state index in [1.54, 1.807) is 0 Å². The summed E-state index contributed by atoms with van der Waals surface area (Å²) in [5.41, 5.74) is 1.22. The van der Waals surface area contributed by atoms with E-state index in [0.29, 0.717) is 12.0 Å². The van der Waals surface area contributed by atoms with E-state index in [4.69, 9.17) is 4.74 Å². The Morgan fingerprint density at radius 1 is 1.34 bits per heavy atom. The monoisotopic (exact) mass is 511 g/mol. The summed E-state index contributed by atoms with van der Waals surface area (Å²) in [6.45, 7) is 8.01. The quantitative estimate of drug-likeness (QED) is 0.263. The fourth-order valence-electron chi connectivity index (χ4n) is 3.78. The molecule has 7 heteroatoms. The van der Waals surface area contributed by atoms with Crippen molar-refractivity contribution < 1.29 is 4.74 Å². The van der Waals surface area contributed by atoms with E-state index >= 15 is 0 Å². The standard InChI is InChI=1S/C22H33N5O.HI/c1-18-10-13-26(16-21(18)27-14-12-24-17-27)22(23-3)25-11-7-15-28-19(2)20-8-5-4-6-9-20;/h4-6,8-9,12,14,17-19,21H,7,10-11,13,15-16H2,1-3H3,(H,23,25);1H. The van der Waals surface area contributed by atoms with Gasteiger partial charge in [0.15, 0.2) is 5.96 Å². The molecule has 1 N–H and O–H groups in total. The second-order valence-electron chi connectivity index (χ2n) is 7.54. The Labute approximate surface area is 191 Å². The van der Waals surface area contributed by atoms with E-state index < -0.39 is 0 Å². The molecule has 0 aliphatic carbocycles. The van der Waals surface area contributed by atoms with Gasteiger partial charge in [-0.25, -0.2) is 4.98 Å². The average molecular weight is 511 g/mol. The number of nitrogens with zero attached hydrogens (tertiary/aromatic N) is 4. The van der Waals surface area contributed by atoms with Crippen molar-refractivity contribution in [2.24, 2.45) is 10.9 Å². The molecule has 0 amide bonds. The van der Waals surface area contributed by atoms with Crippen LogP contribution in [0.15, 0.2) is 54.0 Å². The Balaban J connectivity index is 0.00000300. The number of piperidine rings is 1. The van der Waals surface area contributed by atoms with E-state index in [9.17, 15) is 0 Å². The first kappa shape index (κ1) is 23.7. The van der Waals surface area contributed by atoms with Gasteiger partial charge in [0.05, 0.1) is 18.5 Å². The van der Waals surface area contributed by atoms with Gasteiger partial charge in [0, 0.05) is 45.7 Å². The second-order valence-corrected chi connectivity index (χ2v) is 7.54. The maximum atomic E-state index is 5.97. The van der Waals surface area contributed by atoms with Crippen LogP contribution in [0, 0.1) is 5.92 Å². The second kappa shape index (κ2) is 12.2. The van der Waals surface area contributed by atoms with E-state index in [0.717, 1.165) is 45.0 Å². The number of hydrogen-bond acceptors (Lipinski definition) is 3. The van der Waals surface area contributed by atoms with Crippen molar-refractivity contribution in [3.05, 3.63) is 54.6 Å². The van der Waals surface area contributed by atoms with Crippen LogP contribution in [0.4, 0.5) is 0 Å². The van der Waals surface area contributed by atoms with Crippen LogP contribution in [-0.2, 0) is 4.74 Å². The first-order valence-electron chi connectivity index (χ1n) is 10.3. The first-order chi connectivity index (χ1) is 13.7. The lowest BCUT2D eigenvalue weighted by atomic mass is 9.93. The molecule has 3 unspecified atom stereocenters. The van der Waals surface area contributed by atoms with Crippen molar-refractivity contribution in [1.82, 2.24) is 19.8 Å². The Kier molecular flexibility index (Phi) is 9.93. The number of aliphatic imine (C=N–C) groups is 1. The van der Waals surface area contributed by atoms with Crippen LogP contribution < -0.4 is 5.32 Å². The minimum Gasteiger partial charge on any atom is -0.374 e. The largest absolute Gasteiger partial charge is 0.374 e. The highest BCUT2D eigenvalue weighted by Gasteiger charge is 2.28. The van der Waals surface area contributed by atoms with Gasteiger partial charge in [-0.05, 0) is 31.2 Å². The molecule has 1 aliphatic heterocycles. The minimum absolute atomic E-state index is 0. The predicted molar refractivity (Wildman–Crippen MR) is 129 cm³/mol. The molecule has 6 nitrogen and oxygen atoms in total. The van der Waals surface area contributed by atoms with Crippen LogP contribution in [0.25, 0.3) is 0 Å². The molecule has 3 rings (SSSR count). The van der Waals surface area contributed by atoms with Crippen LogP contribution in [0.3, 0.4) is 0 Å². The van der Waals surface area contributed by atoms with Gasteiger partial charge in [-0.15, -0.1) is 24.0 Å². The number of halogens is 1. The summed E-state index contributed by atoms with van der Waals surface area (Å²) < 4.78 is 8.19. The number of likely N-dealkylation sites (tertiary alicyclic amines) is 1. The van der Waals surface area contributed by atoms with Gasteiger partial charge in [-0.3, -0.25) is 4.99 Å². The van der Waals surface area contributed by atoms with Crippen LogP contribution in [0.5, 0.6) is 0 Å². The fraction of sp³-hybridized carbons (Fsp3) is 0.545. The molecule has 1 aliphatic rings. The molecule has 1 aromatic carbocycles. The fourth-order valence-corrected chi connectivity index (χ4v) is 3.78. The van der Waals surface area contributed by atoms with Crippen molar-refractivity contribution in [1.29, 1.82) is 0 Å². The summed E-state index contributed by atoms with van der Waals surface area (Å²) in [6.07, 6.45) is 8.07. The SMILES string of the molecule is CN=C(NCCCOC(C)c1ccccc1)N1CCC(C)C(n2ccnc2)C1.I. The van der Waals surface area contributed by atoms with Gasteiger partial charge in [0.2, 0.25) is 0 Å². The number of nitrogens with one attached hydrogen (secondary N) is 1. The summed E-state index contributed by atoms with van der Waals surface area (Å²) in [5, 5.41) is 3.50. The van der Waals surface area contributed by atoms with Gasteiger partial charge in [-0.2, -0.15) is 0 Å². The van der Waals surface area contributed by atoms with Crippen LogP contribution >= 0.6 is 24.0 Å². The lowest BCUT2D eigenvalue weighted by Crippen LogP contribution is -2.49. The highest BCUT2D eigenvalue weighted by molar-refractivity contribution is 14.0. The minimum atomic E-state index is 0. The number of ether oxygens (including phenoxy) is 1. The van der Waals surface area contributed by atoms with Crippen molar-refractivity contribution >= 4 is 29.9 Å². The number of imidazole rings is 1. The first-order valence-corrected chi connectivity index (χ1v) is 10.3. The van der Waals surface area contributed by atoms with E-state index in [1.165, 1.54) is 5.56 Å². The average Bonchev–Trinajstić information content (AvgIpc) is 3.26. The van der Waals surface area contributed by atoms with Crippen molar-refractivity contribution in [3.63, 3.8) is 0 Å². The van der Waals surface area contributed by atoms with Crippen molar-refractivity contribution in [2.75, 3.05) is 33.3 Å². The molecule has 0 saturated carbocycles. The molecule has 0 bridgehead atoms. The molecule has 160 valence electrons. The van der Waals surface area contributed by atoms with Gasteiger partial charge in [0.25, 0.3) is 0 Å². The molecule has 3 atom stereocenters. The van der Waals surface area contributed by atoms with Gasteiger partial charge in [-0.1, -0.05) is 37.3 Å². The topological polar surface area (TPSA) is 54.7 Å². The lowest BCUT2D eigenvalue weighted by Gasteiger charge is -2.39. The van der Waals surface area contributed by atoms with Crippen LogP contribution in [-0.4, -0.2) is 53.7 Å². The van der Waals surface area contributed by atoms with Gasteiger partial charge in [0.1, 0.15) is 0 Å². The van der Waals surface area contributed by atoms with E-state index in [1.807, 2.05) is 25.6 Å². The number of guanidine groups is 1. The number of rotatable bonds is 7. The van der Waals surface area contributed by atoms with E-state index in [2.05, 4.69) is 69.1 Å². The molecule has 1 fully saturated rings. The van der Waals surface area contributed by atoms with Crippen LogP contribution in [0.2, 0.25) is 0 Å². The summed E-state index contributed by atoms with van der Waals surface area (Å²) in [4.78, 5) is 11.1. The maximum absolute atomic E-state index is 5.97. The third-order valence-corrected chi connectivity index (χ3v) is 5.58. The predicted octanol–water partition coefficient (Wildman–Crippen LogP) is 4.13. The molecular weight excluding hydrogens is 477 g/mol. The third kappa shape index (κ3) is 6.70. The number of hydrogen-bond donors (Lipinski definition) is 1. The zero-order valence-electron chi connectivity index (χ0n) is 17.7. The Hall–Kier alpha value is -1.61. The zero-order chi connectivity index (χ0) is 19.8. The summed E-state index contributed by atoms with van der Waals surface area (Å²) in [5.74, 6) is 1.62. The number of aromatic nitrogens is 2. The molecular formula is C22H34IN5O. The molecule has 29 heavy (non-hydrogen) atoms. The normalized spacial score (nSPS) is 20.8. The van der Waals surface area contributed by atoms with Gasteiger partial charge >= 0.3 is 0 Å². The third-order valence-electron chi connectivity index (χ3n) is 5.58. The van der Waals surface area contributed by atoms with Crippen molar-refractivity contribution in [2.45, 2.75) is 38.8 Å². The number of benzene rings is 1. The molecule has 2 aromatic rings. The Morgan fingerprint density at radius 2 is 2.14 bits per heavy atom. The van der Waals surface area contributed by atoms with Crippen molar-refractivity contribution in [3.8, 4) is 0 Å².